The molecule has 0 spiro atoms. The van der Waals surface area contributed by atoms with Gasteiger partial charge >= 0.3 is 0 Å². The highest BCUT2D eigenvalue weighted by Crippen LogP contribution is 2.02. The van der Waals surface area contributed by atoms with Gasteiger partial charge < -0.3 is 0 Å². The highest BCUT2D eigenvalue weighted by molar-refractivity contribution is 5.94. The van der Waals surface area contributed by atoms with Gasteiger partial charge in [0.2, 0.25) is 6.41 Å². The van der Waals surface area contributed by atoms with E-state index in [-0.39, 0.29) is 0 Å². The fraction of sp³-hybridized carbons (Fsp3) is 0.600. The average molecular weight is 182 g/mol. The van der Waals surface area contributed by atoms with Crippen LogP contribution in [0.2, 0.25) is 0 Å². The first-order valence-corrected chi connectivity index (χ1v) is 4.62. The lowest BCUT2D eigenvalue weighted by molar-refractivity contribution is -0.117. The lowest BCUT2D eigenvalue weighted by Gasteiger charge is -2.05. The van der Waals surface area contributed by atoms with Crippen LogP contribution in [0.3, 0.4) is 0 Å². The van der Waals surface area contributed by atoms with Crippen LogP contribution in [0.1, 0.15) is 32.6 Å². The molecule has 3 nitrogen and oxygen atoms in total. The molecule has 3 heteroatoms. The van der Waals surface area contributed by atoms with Gasteiger partial charge in [0.15, 0.2) is 0 Å². The standard InChI is InChI=1S/C10H18N2O/c1-4-6-7-8-10(5-2)11-12(3)9-13/h5,9H,2,4,6-8H2,1,3H3/b11-10+. The van der Waals surface area contributed by atoms with Crippen molar-refractivity contribution < 1.29 is 4.79 Å². The van der Waals surface area contributed by atoms with E-state index < -0.39 is 0 Å². The summed E-state index contributed by atoms with van der Waals surface area (Å²) in [5.74, 6) is 0. The minimum Gasteiger partial charge on any atom is -0.277 e. The van der Waals surface area contributed by atoms with Gasteiger partial charge in [-0.25, -0.2) is 5.01 Å². The highest BCUT2D eigenvalue weighted by Gasteiger charge is 1.95. The number of unbranched alkanes of at least 4 members (excludes halogenated alkanes) is 2. The van der Waals surface area contributed by atoms with Crippen molar-refractivity contribution in [2.24, 2.45) is 5.10 Å². The molecule has 0 rings (SSSR count). The van der Waals surface area contributed by atoms with Crippen molar-refractivity contribution in [3.8, 4) is 0 Å². The van der Waals surface area contributed by atoms with Crippen LogP contribution in [0, 0.1) is 0 Å². The second-order valence-corrected chi connectivity index (χ2v) is 2.93. The molecule has 0 aliphatic carbocycles. The number of allylic oxidation sites excluding steroid dienone is 1. The van der Waals surface area contributed by atoms with Crippen LogP contribution < -0.4 is 0 Å². The molecule has 0 aliphatic heterocycles. The minimum atomic E-state index is 0.684. The zero-order valence-electron chi connectivity index (χ0n) is 8.49. The number of hydrazone groups is 1. The third-order valence-corrected chi connectivity index (χ3v) is 1.71. The first-order valence-electron chi connectivity index (χ1n) is 4.62. The van der Waals surface area contributed by atoms with E-state index in [1.807, 2.05) is 0 Å². The lowest BCUT2D eigenvalue weighted by atomic mass is 10.1. The average Bonchev–Trinajstić information content (AvgIpc) is 2.16. The Labute approximate surface area is 80.1 Å². The van der Waals surface area contributed by atoms with E-state index in [4.69, 9.17) is 0 Å². The molecular weight excluding hydrogens is 164 g/mol. The Morgan fingerprint density at radius 3 is 2.69 bits per heavy atom. The largest absolute Gasteiger partial charge is 0.277 e. The topological polar surface area (TPSA) is 32.7 Å². The van der Waals surface area contributed by atoms with Gasteiger partial charge in [-0.05, 0) is 18.9 Å². The molecule has 0 aliphatic rings. The van der Waals surface area contributed by atoms with Crippen LogP contribution in [0.5, 0.6) is 0 Å². The maximum absolute atomic E-state index is 10.3. The third kappa shape index (κ3) is 6.08. The molecule has 0 fully saturated rings. The third-order valence-electron chi connectivity index (χ3n) is 1.71. The monoisotopic (exact) mass is 182 g/mol. The summed E-state index contributed by atoms with van der Waals surface area (Å²) in [6.07, 6.45) is 6.77. The molecule has 0 aromatic rings. The number of hydrogen-bond donors (Lipinski definition) is 0. The van der Waals surface area contributed by atoms with E-state index in [9.17, 15) is 4.79 Å². The molecular formula is C10H18N2O. The zero-order chi connectivity index (χ0) is 10.1. The number of rotatable bonds is 7. The van der Waals surface area contributed by atoms with Gasteiger partial charge in [0.05, 0.1) is 5.71 Å². The maximum atomic E-state index is 10.3. The van der Waals surface area contributed by atoms with Crippen molar-refractivity contribution in [3.63, 3.8) is 0 Å². The first kappa shape index (κ1) is 11.9. The smallest absolute Gasteiger partial charge is 0.229 e. The first-order chi connectivity index (χ1) is 6.24. The Hall–Kier alpha value is -1.12. The van der Waals surface area contributed by atoms with Crippen LogP contribution in [-0.2, 0) is 4.79 Å². The minimum absolute atomic E-state index is 0.684. The van der Waals surface area contributed by atoms with Gasteiger partial charge in [-0.2, -0.15) is 5.10 Å². The van der Waals surface area contributed by atoms with Crippen LogP contribution >= 0.6 is 0 Å². The summed E-state index contributed by atoms with van der Waals surface area (Å²) in [5, 5.41) is 5.32. The fourth-order valence-electron chi connectivity index (χ4n) is 0.975. The maximum Gasteiger partial charge on any atom is 0.229 e. The van der Waals surface area contributed by atoms with Crippen molar-refractivity contribution >= 4 is 12.1 Å². The van der Waals surface area contributed by atoms with Crippen molar-refractivity contribution in [2.75, 3.05) is 7.05 Å². The molecule has 0 unspecified atom stereocenters. The van der Waals surface area contributed by atoms with Gasteiger partial charge in [-0.1, -0.05) is 26.3 Å². The Kier molecular flexibility index (Phi) is 6.88. The number of nitrogens with zero attached hydrogens (tertiary/aromatic N) is 2. The predicted octanol–water partition coefficient (Wildman–Crippen LogP) is 2.20. The van der Waals surface area contributed by atoms with E-state index in [2.05, 4.69) is 18.6 Å². The molecule has 0 aromatic heterocycles. The number of amides is 1. The Bertz CT molecular complexity index is 187. The fourth-order valence-corrected chi connectivity index (χ4v) is 0.975. The van der Waals surface area contributed by atoms with Crippen molar-refractivity contribution in [3.05, 3.63) is 12.7 Å². The second-order valence-electron chi connectivity index (χ2n) is 2.93. The van der Waals surface area contributed by atoms with Gasteiger partial charge in [-0.3, -0.25) is 4.79 Å². The molecule has 0 bridgehead atoms. The summed E-state index contributed by atoms with van der Waals surface area (Å²) in [6, 6.07) is 0. The number of hydrogen-bond acceptors (Lipinski definition) is 2. The van der Waals surface area contributed by atoms with Gasteiger partial charge in [0.1, 0.15) is 0 Å². The normalized spacial score (nSPS) is 11.1. The highest BCUT2D eigenvalue weighted by atomic mass is 16.1. The molecule has 0 aromatic carbocycles. The quantitative estimate of drug-likeness (QED) is 0.257. The number of carbonyl (C=O) groups is 1. The van der Waals surface area contributed by atoms with Crippen molar-refractivity contribution in [1.29, 1.82) is 0 Å². The molecule has 74 valence electrons. The summed E-state index contributed by atoms with van der Waals surface area (Å²) in [6.45, 7) is 5.81. The predicted molar refractivity (Wildman–Crippen MR) is 55.6 cm³/mol. The molecule has 0 saturated carbocycles. The number of carbonyl (C=O) groups excluding carboxylic acids is 1. The summed E-state index contributed by atoms with van der Waals surface area (Å²) in [7, 11) is 1.62. The summed E-state index contributed by atoms with van der Waals surface area (Å²) < 4.78 is 0. The Balaban J connectivity index is 3.93. The molecule has 13 heavy (non-hydrogen) atoms. The Morgan fingerprint density at radius 2 is 2.23 bits per heavy atom. The van der Waals surface area contributed by atoms with E-state index in [1.54, 1.807) is 13.1 Å². The molecule has 0 heterocycles. The van der Waals surface area contributed by atoms with Crippen LogP contribution in [0.25, 0.3) is 0 Å². The molecule has 0 N–H and O–H groups in total. The van der Waals surface area contributed by atoms with Crippen molar-refractivity contribution in [1.82, 2.24) is 5.01 Å². The van der Waals surface area contributed by atoms with Crippen LogP contribution in [0.15, 0.2) is 17.8 Å². The molecule has 0 atom stereocenters. The van der Waals surface area contributed by atoms with Crippen molar-refractivity contribution in [2.45, 2.75) is 32.6 Å². The van der Waals surface area contributed by atoms with E-state index in [0.29, 0.717) is 6.41 Å². The van der Waals surface area contributed by atoms with Gasteiger partial charge in [0, 0.05) is 7.05 Å². The Morgan fingerprint density at radius 1 is 1.54 bits per heavy atom. The van der Waals surface area contributed by atoms with E-state index >= 15 is 0 Å². The summed E-state index contributed by atoms with van der Waals surface area (Å²) in [5.41, 5.74) is 0.878. The van der Waals surface area contributed by atoms with E-state index in [0.717, 1.165) is 18.6 Å². The van der Waals surface area contributed by atoms with Gasteiger partial charge in [-0.15, -0.1) is 0 Å². The van der Waals surface area contributed by atoms with Gasteiger partial charge in [0.25, 0.3) is 0 Å². The summed E-state index contributed by atoms with van der Waals surface area (Å²) >= 11 is 0. The molecule has 0 saturated heterocycles. The van der Waals surface area contributed by atoms with Crippen LogP contribution in [0.4, 0.5) is 0 Å². The molecule has 0 radical (unpaired) electrons. The van der Waals surface area contributed by atoms with E-state index in [1.165, 1.54) is 17.9 Å². The van der Waals surface area contributed by atoms with Crippen LogP contribution in [-0.4, -0.2) is 24.2 Å². The zero-order valence-corrected chi connectivity index (χ0v) is 8.49. The summed E-state index contributed by atoms with van der Waals surface area (Å²) in [4.78, 5) is 10.3. The lowest BCUT2D eigenvalue weighted by Crippen LogP contribution is -2.10. The molecule has 1 amide bonds. The second kappa shape index (κ2) is 7.53. The SMILES string of the molecule is C=C/C(CCCCC)=N\N(C)C=O.